The molecule has 1 aromatic rings. The number of likely N-dealkylation sites (N-methyl/N-ethyl adjacent to an activating group) is 1. The third-order valence-corrected chi connectivity index (χ3v) is 2.54. The monoisotopic (exact) mass is 246 g/mol. The van der Waals surface area contributed by atoms with Gasteiger partial charge in [-0.1, -0.05) is 0 Å². The number of hydrogen-bond acceptors (Lipinski definition) is 4. The molecule has 17 heavy (non-hydrogen) atoms. The number of aliphatic hydroxyl groups is 1. The van der Waals surface area contributed by atoms with E-state index in [4.69, 9.17) is 5.73 Å². The van der Waals surface area contributed by atoms with Crippen LogP contribution in [0.4, 0.5) is 8.78 Å². The number of benzene rings is 1. The largest absolute Gasteiger partial charge is 0.494 e. The first kappa shape index (κ1) is 13.8. The van der Waals surface area contributed by atoms with Crippen LogP contribution in [0.3, 0.4) is 0 Å². The van der Waals surface area contributed by atoms with E-state index in [1.807, 2.05) is 0 Å². The summed E-state index contributed by atoms with van der Waals surface area (Å²) < 4.78 is 31.8. The lowest BCUT2D eigenvalue weighted by Gasteiger charge is -2.22. The highest BCUT2D eigenvalue weighted by molar-refractivity contribution is 5.33. The smallest absolute Gasteiger partial charge is 0.165 e. The molecule has 2 unspecified atom stereocenters. The van der Waals surface area contributed by atoms with Crippen molar-refractivity contribution in [1.29, 1.82) is 0 Å². The zero-order valence-electron chi connectivity index (χ0n) is 9.71. The van der Waals surface area contributed by atoms with E-state index in [0.717, 1.165) is 12.1 Å². The first-order valence-corrected chi connectivity index (χ1v) is 5.13. The maximum absolute atomic E-state index is 13.7. The van der Waals surface area contributed by atoms with Gasteiger partial charge in [0, 0.05) is 18.2 Å². The number of nitrogens with one attached hydrogen (secondary N) is 1. The summed E-state index contributed by atoms with van der Waals surface area (Å²) >= 11 is 0. The van der Waals surface area contributed by atoms with Gasteiger partial charge in [0.1, 0.15) is 5.82 Å². The Morgan fingerprint density at radius 1 is 1.41 bits per heavy atom. The molecule has 0 aliphatic heterocycles. The van der Waals surface area contributed by atoms with Crippen molar-refractivity contribution in [3.8, 4) is 5.75 Å². The minimum Gasteiger partial charge on any atom is -0.494 e. The highest BCUT2D eigenvalue weighted by atomic mass is 19.1. The first-order valence-electron chi connectivity index (χ1n) is 5.13. The van der Waals surface area contributed by atoms with Crippen LogP contribution in [-0.4, -0.2) is 31.9 Å². The highest BCUT2D eigenvalue weighted by Gasteiger charge is 2.23. The van der Waals surface area contributed by atoms with Crippen molar-refractivity contribution in [2.45, 2.75) is 12.1 Å². The van der Waals surface area contributed by atoms with Gasteiger partial charge in [0.2, 0.25) is 0 Å². The normalized spacial score (nSPS) is 14.5. The van der Waals surface area contributed by atoms with E-state index in [2.05, 4.69) is 10.1 Å². The molecular weight excluding hydrogens is 230 g/mol. The average Bonchev–Trinajstić information content (AvgIpc) is 2.33. The maximum Gasteiger partial charge on any atom is 0.165 e. The van der Waals surface area contributed by atoms with E-state index < -0.39 is 23.8 Å². The van der Waals surface area contributed by atoms with Gasteiger partial charge in [-0.25, -0.2) is 8.78 Å². The number of halogens is 2. The molecule has 4 N–H and O–H groups in total. The zero-order chi connectivity index (χ0) is 13.0. The van der Waals surface area contributed by atoms with Crippen LogP contribution in [0, 0.1) is 11.6 Å². The predicted molar refractivity (Wildman–Crippen MR) is 59.8 cm³/mol. The predicted octanol–water partition coefficient (Wildman–Crippen LogP) is 0.554. The Balaban J connectivity index is 3.16. The summed E-state index contributed by atoms with van der Waals surface area (Å²) in [6.07, 6.45) is -0.998. The standard InChI is InChI=1S/C11H16F2N2O2/c1-15-11(9(16)5-14)6-3-8(13)10(17-2)4-7(6)12/h3-4,9,11,15-16H,5,14H2,1-2H3. The molecule has 4 nitrogen and oxygen atoms in total. The number of rotatable bonds is 5. The number of nitrogens with two attached hydrogens (primary N) is 1. The Morgan fingerprint density at radius 3 is 2.53 bits per heavy atom. The number of ether oxygens (including phenoxy) is 1. The van der Waals surface area contributed by atoms with Gasteiger partial charge in [-0.15, -0.1) is 0 Å². The number of methoxy groups -OCH3 is 1. The zero-order valence-corrected chi connectivity index (χ0v) is 9.71. The molecule has 6 heteroatoms. The van der Waals surface area contributed by atoms with E-state index >= 15 is 0 Å². The first-order chi connectivity index (χ1) is 8.04. The summed E-state index contributed by atoms with van der Waals surface area (Å²) in [7, 11) is 2.78. The maximum atomic E-state index is 13.7. The van der Waals surface area contributed by atoms with Gasteiger partial charge in [0.15, 0.2) is 11.6 Å². The van der Waals surface area contributed by atoms with Crippen molar-refractivity contribution in [2.24, 2.45) is 5.73 Å². The molecule has 0 aliphatic carbocycles. The summed E-state index contributed by atoms with van der Waals surface area (Å²) in [5.74, 6) is -1.52. The van der Waals surface area contributed by atoms with Crippen LogP contribution in [0.15, 0.2) is 12.1 Å². The molecule has 2 atom stereocenters. The molecule has 0 heterocycles. The topological polar surface area (TPSA) is 67.5 Å². The summed E-state index contributed by atoms with van der Waals surface area (Å²) in [6.45, 7) is -0.0569. The fourth-order valence-electron chi connectivity index (χ4n) is 1.63. The average molecular weight is 246 g/mol. The molecule has 0 saturated carbocycles. The van der Waals surface area contributed by atoms with Crippen LogP contribution in [0.2, 0.25) is 0 Å². The van der Waals surface area contributed by atoms with Gasteiger partial charge in [-0.3, -0.25) is 0 Å². The van der Waals surface area contributed by atoms with E-state index in [9.17, 15) is 13.9 Å². The second-order valence-corrected chi connectivity index (χ2v) is 3.58. The van der Waals surface area contributed by atoms with Crippen LogP contribution < -0.4 is 15.8 Å². The van der Waals surface area contributed by atoms with Gasteiger partial charge >= 0.3 is 0 Å². The van der Waals surface area contributed by atoms with Crippen LogP contribution in [0.1, 0.15) is 11.6 Å². The van der Waals surface area contributed by atoms with Gasteiger partial charge in [0.25, 0.3) is 0 Å². The molecule has 96 valence electrons. The van der Waals surface area contributed by atoms with Crippen LogP contribution >= 0.6 is 0 Å². The molecule has 0 bridgehead atoms. The summed E-state index contributed by atoms with van der Waals surface area (Å²) in [5, 5.41) is 12.3. The Morgan fingerprint density at radius 2 is 2.06 bits per heavy atom. The van der Waals surface area contributed by atoms with E-state index in [1.165, 1.54) is 14.2 Å². The van der Waals surface area contributed by atoms with Crippen molar-refractivity contribution in [3.05, 3.63) is 29.3 Å². The van der Waals surface area contributed by atoms with Crippen LogP contribution in [0.5, 0.6) is 5.75 Å². The Kier molecular flexibility index (Phi) is 4.80. The Hall–Kier alpha value is -1.24. The summed E-state index contributed by atoms with van der Waals surface area (Å²) in [5.41, 5.74) is 5.32. The minimum atomic E-state index is -0.998. The van der Waals surface area contributed by atoms with Crippen molar-refractivity contribution in [2.75, 3.05) is 20.7 Å². The fourth-order valence-corrected chi connectivity index (χ4v) is 1.63. The highest BCUT2D eigenvalue weighted by Crippen LogP contribution is 2.26. The molecule has 0 spiro atoms. The minimum absolute atomic E-state index is 0.0174. The van der Waals surface area contributed by atoms with Crippen LogP contribution in [0.25, 0.3) is 0 Å². The van der Waals surface area contributed by atoms with Crippen molar-refractivity contribution in [3.63, 3.8) is 0 Å². The molecule has 0 aromatic heterocycles. The molecule has 1 aromatic carbocycles. The van der Waals surface area contributed by atoms with Crippen molar-refractivity contribution >= 4 is 0 Å². The quantitative estimate of drug-likeness (QED) is 0.710. The van der Waals surface area contributed by atoms with Gasteiger partial charge < -0.3 is 20.9 Å². The van der Waals surface area contributed by atoms with Gasteiger partial charge in [-0.2, -0.15) is 0 Å². The second-order valence-electron chi connectivity index (χ2n) is 3.58. The molecule has 0 aliphatic rings. The van der Waals surface area contributed by atoms with E-state index in [1.54, 1.807) is 0 Å². The molecular formula is C11H16F2N2O2. The molecule has 0 saturated heterocycles. The summed E-state index contributed by atoms with van der Waals surface area (Å²) in [6, 6.07) is 1.17. The lowest BCUT2D eigenvalue weighted by Crippen LogP contribution is -2.35. The van der Waals surface area contributed by atoms with E-state index in [-0.39, 0.29) is 17.9 Å². The third kappa shape index (κ3) is 2.91. The van der Waals surface area contributed by atoms with Crippen LogP contribution in [-0.2, 0) is 0 Å². The molecule has 0 fully saturated rings. The lowest BCUT2D eigenvalue weighted by molar-refractivity contribution is 0.137. The Labute approximate surface area is 98.4 Å². The molecule has 0 radical (unpaired) electrons. The Bertz CT molecular complexity index is 388. The van der Waals surface area contributed by atoms with Gasteiger partial charge in [-0.05, 0) is 13.1 Å². The van der Waals surface area contributed by atoms with Crippen molar-refractivity contribution < 1.29 is 18.6 Å². The van der Waals surface area contributed by atoms with E-state index in [0.29, 0.717) is 0 Å². The number of aliphatic hydroxyl groups excluding tert-OH is 1. The molecule has 1 rings (SSSR count). The SMILES string of the molecule is CNC(c1cc(F)c(OC)cc1F)C(O)CN. The second kappa shape index (κ2) is 5.90. The summed E-state index contributed by atoms with van der Waals surface area (Å²) in [4.78, 5) is 0. The van der Waals surface area contributed by atoms with Crippen molar-refractivity contribution in [1.82, 2.24) is 5.32 Å². The van der Waals surface area contributed by atoms with Gasteiger partial charge in [0.05, 0.1) is 19.3 Å². The number of hydrogen-bond donors (Lipinski definition) is 3. The lowest BCUT2D eigenvalue weighted by atomic mass is 10.0. The fraction of sp³-hybridized carbons (Fsp3) is 0.455. The third-order valence-electron chi connectivity index (χ3n) is 2.54. The molecule has 0 amide bonds.